The molecule has 1 unspecified atom stereocenters. The molecule has 0 saturated heterocycles. The number of hydrogen-bond acceptors (Lipinski definition) is 3. The summed E-state index contributed by atoms with van der Waals surface area (Å²) < 4.78 is 13.0. The van der Waals surface area contributed by atoms with Gasteiger partial charge in [-0.3, -0.25) is 9.19 Å². The molecule has 3 aromatic carbocycles. The number of terminal acetylenes is 1. The van der Waals surface area contributed by atoms with Crippen LogP contribution in [0.15, 0.2) is 108 Å². The van der Waals surface area contributed by atoms with Crippen molar-refractivity contribution in [3.63, 3.8) is 0 Å². The van der Waals surface area contributed by atoms with Crippen LogP contribution in [0.2, 0.25) is 0 Å². The first kappa shape index (κ1) is 22.0. The molecule has 0 aliphatic carbocycles. The predicted molar refractivity (Wildman–Crippen MR) is 147 cm³/mol. The molecular formula is C31H21N3OS. The quantitative estimate of drug-likeness (QED) is 0.277. The lowest BCUT2D eigenvalue weighted by Gasteiger charge is -2.12. The van der Waals surface area contributed by atoms with Gasteiger partial charge in [-0.25, -0.2) is 4.98 Å². The van der Waals surface area contributed by atoms with Gasteiger partial charge in [0, 0.05) is 56.5 Å². The number of nitrogens with zero attached hydrogens (tertiary/aromatic N) is 2. The summed E-state index contributed by atoms with van der Waals surface area (Å²) in [5.41, 5.74) is 7.80. The van der Waals surface area contributed by atoms with Gasteiger partial charge in [0.15, 0.2) is 0 Å². The Hall–Kier alpha value is -4.53. The number of nitrogens with one attached hydrogen (secondary N) is 1. The third kappa shape index (κ3) is 3.98. The fraction of sp³-hybridized carbons (Fsp3) is 0.0323. The van der Waals surface area contributed by atoms with Gasteiger partial charge in [0.25, 0.3) is 0 Å². The summed E-state index contributed by atoms with van der Waals surface area (Å²) in [6.07, 6.45) is 11.1. The van der Waals surface area contributed by atoms with Crippen LogP contribution < -0.4 is 0 Å². The van der Waals surface area contributed by atoms with E-state index in [9.17, 15) is 4.21 Å². The Morgan fingerprint density at radius 1 is 0.889 bits per heavy atom. The maximum atomic E-state index is 13.0. The van der Waals surface area contributed by atoms with Crippen LogP contribution in [0, 0.1) is 12.3 Å². The molecule has 6 aromatic rings. The number of benzene rings is 3. The van der Waals surface area contributed by atoms with Crippen LogP contribution in [0.4, 0.5) is 0 Å². The van der Waals surface area contributed by atoms with E-state index in [1.807, 2.05) is 85.1 Å². The zero-order chi connectivity index (χ0) is 24.5. The molecule has 5 heteroatoms. The molecule has 0 aliphatic rings. The molecule has 0 spiro atoms. The minimum absolute atomic E-state index is 0.442. The Kier molecular flexibility index (Phi) is 5.65. The number of aromatic nitrogens is 3. The van der Waals surface area contributed by atoms with Gasteiger partial charge in [-0.15, -0.1) is 6.42 Å². The molecule has 1 atom stereocenters. The summed E-state index contributed by atoms with van der Waals surface area (Å²) in [5, 5.41) is 2.08. The van der Waals surface area contributed by atoms with Crippen molar-refractivity contribution in [2.45, 2.75) is 10.6 Å². The molecule has 0 amide bonds. The third-order valence-corrected chi connectivity index (χ3v) is 7.71. The standard InChI is InChI=1S/C31H21N3OS/c1-2-21-8-11-23(12-9-21)27-19-33-31-30(29(27)24-14-16-32-17-15-24)26-18-22(10-13-28(26)34-31)20-36(35)25-6-4-3-5-7-25/h1,3-19H,20H2,(H,33,34). The maximum Gasteiger partial charge on any atom is 0.138 e. The number of H-pyrrole nitrogens is 1. The van der Waals surface area contributed by atoms with Crippen LogP contribution in [0.1, 0.15) is 11.1 Å². The van der Waals surface area contributed by atoms with Crippen molar-refractivity contribution in [3.8, 4) is 34.6 Å². The average molecular weight is 484 g/mol. The lowest BCUT2D eigenvalue weighted by atomic mass is 9.92. The van der Waals surface area contributed by atoms with Crippen molar-refractivity contribution in [3.05, 3.63) is 115 Å². The van der Waals surface area contributed by atoms with Gasteiger partial charge in [0.2, 0.25) is 0 Å². The lowest BCUT2D eigenvalue weighted by Crippen LogP contribution is -1.96. The smallest absolute Gasteiger partial charge is 0.138 e. The molecule has 0 fully saturated rings. The zero-order valence-electron chi connectivity index (χ0n) is 19.3. The molecule has 0 bridgehead atoms. The van der Waals surface area contributed by atoms with Crippen molar-refractivity contribution < 1.29 is 4.21 Å². The molecule has 3 aromatic heterocycles. The Labute approximate surface area is 211 Å². The fourth-order valence-corrected chi connectivity index (χ4v) is 5.69. The van der Waals surface area contributed by atoms with Crippen LogP contribution in [0.25, 0.3) is 44.2 Å². The highest BCUT2D eigenvalue weighted by Crippen LogP contribution is 2.40. The highest BCUT2D eigenvalue weighted by Gasteiger charge is 2.18. The minimum Gasteiger partial charge on any atom is -0.339 e. The van der Waals surface area contributed by atoms with E-state index in [0.717, 1.165) is 60.2 Å². The average Bonchev–Trinajstić information content (AvgIpc) is 3.31. The summed E-state index contributed by atoms with van der Waals surface area (Å²) in [6.45, 7) is 0. The number of fused-ring (bicyclic) bond motifs is 3. The monoisotopic (exact) mass is 483 g/mol. The second-order valence-electron chi connectivity index (χ2n) is 8.54. The van der Waals surface area contributed by atoms with E-state index in [1.165, 1.54) is 0 Å². The molecule has 0 radical (unpaired) electrons. The van der Waals surface area contributed by atoms with E-state index in [1.54, 1.807) is 12.4 Å². The van der Waals surface area contributed by atoms with Gasteiger partial charge >= 0.3 is 0 Å². The molecule has 172 valence electrons. The highest BCUT2D eigenvalue weighted by atomic mass is 32.2. The van der Waals surface area contributed by atoms with E-state index in [0.29, 0.717) is 5.75 Å². The second kappa shape index (κ2) is 9.26. The lowest BCUT2D eigenvalue weighted by molar-refractivity contribution is 0.682. The van der Waals surface area contributed by atoms with E-state index in [4.69, 9.17) is 11.4 Å². The van der Waals surface area contributed by atoms with Crippen molar-refractivity contribution in [2.75, 3.05) is 0 Å². The fourth-order valence-electron chi connectivity index (χ4n) is 4.58. The zero-order valence-corrected chi connectivity index (χ0v) is 20.1. The topological polar surface area (TPSA) is 58.6 Å². The van der Waals surface area contributed by atoms with Crippen molar-refractivity contribution >= 4 is 32.7 Å². The van der Waals surface area contributed by atoms with Gasteiger partial charge < -0.3 is 4.98 Å². The summed E-state index contributed by atoms with van der Waals surface area (Å²) >= 11 is 0. The Bertz CT molecular complexity index is 1770. The SMILES string of the molecule is C#Cc1ccc(-c2cnc3[nH]c4ccc(CS(=O)c5ccccc5)cc4c3c2-c2ccncc2)cc1. The van der Waals surface area contributed by atoms with Crippen LogP contribution >= 0.6 is 0 Å². The first-order chi connectivity index (χ1) is 17.7. The number of hydrogen-bond donors (Lipinski definition) is 1. The van der Waals surface area contributed by atoms with Crippen molar-refractivity contribution in [1.82, 2.24) is 15.0 Å². The van der Waals surface area contributed by atoms with Crippen LogP contribution in [0.5, 0.6) is 0 Å². The summed E-state index contributed by atoms with van der Waals surface area (Å²) in [6, 6.07) is 27.8. The molecule has 6 rings (SSSR count). The first-order valence-corrected chi connectivity index (χ1v) is 12.9. The van der Waals surface area contributed by atoms with E-state index in [2.05, 4.69) is 22.0 Å². The van der Waals surface area contributed by atoms with E-state index < -0.39 is 10.8 Å². The number of pyridine rings is 2. The van der Waals surface area contributed by atoms with Crippen LogP contribution in [0.3, 0.4) is 0 Å². The molecule has 0 aliphatic heterocycles. The van der Waals surface area contributed by atoms with Gasteiger partial charge in [-0.1, -0.05) is 42.3 Å². The number of rotatable bonds is 5. The highest BCUT2D eigenvalue weighted by molar-refractivity contribution is 7.84. The van der Waals surface area contributed by atoms with Gasteiger partial charge in [0.1, 0.15) is 5.65 Å². The largest absolute Gasteiger partial charge is 0.339 e. The van der Waals surface area contributed by atoms with Gasteiger partial charge in [-0.05, 0) is 65.2 Å². The van der Waals surface area contributed by atoms with Gasteiger partial charge in [-0.2, -0.15) is 0 Å². The molecule has 36 heavy (non-hydrogen) atoms. The molecule has 1 N–H and O–H groups in total. The molecule has 0 saturated carbocycles. The molecule has 3 heterocycles. The van der Waals surface area contributed by atoms with E-state index in [-0.39, 0.29) is 0 Å². The first-order valence-electron chi connectivity index (χ1n) is 11.6. The van der Waals surface area contributed by atoms with Crippen LogP contribution in [-0.2, 0) is 16.6 Å². The molecule has 4 nitrogen and oxygen atoms in total. The van der Waals surface area contributed by atoms with Crippen molar-refractivity contribution in [1.29, 1.82) is 0 Å². The van der Waals surface area contributed by atoms with Crippen LogP contribution in [-0.4, -0.2) is 19.2 Å². The Morgan fingerprint density at radius 2 is 1.67 bits per heavy atom. The minimum atomic E-state index is -1.13. The second-order valence-corrected chi connectivity index (χ2v) is 9.99. The third-order valence-electron chi connectivity index (χ3n) is 6.32. The maximum absolute atomic E-state index is 13.0. The summed E-state index contributed by atoms with van der Waals surface area (Å²) in [4.78, 5) is 13.3. The number of aromatic amines is 1. The Morgan fingerprint density at radius 3 is 2.42 bits per heavy atom. The Balaban J connectivity index is 1.56. The summed E-state index contributed by atoms with van der Waals surface area (Å²) in [5.74, 6) is 3.12. The molecular weight excluding hydrogens is 462 g/mol. The predicted octanol–water partition coefficient (Wildman–Crippen LogP) is 6.73. The van der Waals surface area contributed by atoms with Crippen molar-refractivity contribution in [2.24, 2.45) is 0 Å². The normalized spacial score (nSPS) is 12.0. The van der Waals surface area contributed by atoms with Gasteiger partial charge in [0.05, 0.1) is 16.6 Å². The summed E-state index contributed by atoms with van der Waals surface area (Å²) in [7, 11) is -1.13. The van der Waals surface area contributed by atoms with E-state index >= 15 is 0 Å².